The van der Waals surface area contributed by atoms with Gasteiger partial charge >= 0.3 is 5.97 Å². The first-order valence-electron chi connectivity index (χ1n) is 8.38. The molecule has 6 nitrogen and oxygen atoms in total. The first kappa shape index (κ1) is 20.1. The molecule has 1 aliphatic rings. The van der Waals surface area contributed by atoms with Crippen LogP contribution in [0.4, 0.5) is 14.5 Å². The van der Waals surface area contributed by atoms with Crippen molar-refractivity contribution in [2.75, 3.05) is 11.9 Å². The highest BCUT2D eigenvalue weighted by molar-refractivity contribution is 6.04. The van der Waals surface area contributed by atoms with Crippen LogP contribution in [0.25, 0.3) is 0 Å². The molecule has 1 atom stereocenters. The van der Waals surface area contributed by atoms with Crippen LogP contribution in [-0.2, 0) is 9.53 Å². The van der Waals surface area contributed by atoms with Crippen LogP contribution in [0.1, 0.15) is 56.0 Å². The number of hydrogen-bond acceptors (Lipinski definition) is 4. The van der Waals surface area contributed by atoms with Gasteiger partial charge in [0.15, 0.2) is 23.7 Å². The average molecular weight is 371 g/mol. The van der Waals surface area contributed by atoms with E-state index in [2.05, 4.69) is 5.32 Å². The van der Waals surface area contributed by atoms with Crippen molar-refractivity contribution in [3.05, 3.63) is 22.8 Å². The fraction of sp³-hybridized carbons (Fsp3) is 0.556. The molecule has 2 N–H and O–H groups in total. The van der Waals surface area contributed by atoms with E-state index >= 15 is 0 Å². The van der Waals surface area contributed by atoms with Gasteiger partial charge in [-0.1, -0.05) is 20.8 Å². The second-order valence-electron chi connectivity index (χ2n) is 7.26. The second-order valence-corrected chi connectivity index (χ2v) is 7.26. The number of aromatic carboxylic acids is 1. The Morgan fingerprint density at radius 2 is 1.88 bits per heavy atom. The van der Waals surface area contributed by atoms with Crippen molar-refractivity contribution in [2.24, 2.45) is 5.41 Å². The number of rotatable bonds is 4. The van der Waals surface area contributed by atoms with E-state index in [0.717, 1.165) is 19.8 Å². The van der Waals surface area contributed by atoms with Crippen molar-refractivity contribution in [3.8, 4) is 5.75 Å². The Hall–Kier alpha value is -2.22. The van der Waals surface area contributed by atoms with E-state index in [1.807, 2.05) is 0 Å². The van der Waals surface area contributed by atoms with Crippen LogP contribution in [0.3, 0.4) is 0 Å². The lowest BCUT2D eigenvalue weighted by Gasteiger charge is -2.26. The number of nitrogens with one attached hydrogen (secondary N) is 1. The number of anilines is 1. The molecule has 1 amide bonds. The number of halogens is 2. The van der Waals surface area contributed by atoms with Crippen LogP contribution < -0.4 is 10.1 Å². The Morgan fingerprint density at radius 3 is 2.38 bits per heavy atom. The zero-order valence-corrected chi connectivity index (χ0v) is 15.2. The minimum absolute atomic E-state index is 0.405. The SMILES string of the molecule is Cc1c(F)c(NC(=O)C(C)(C)C)c(C(=O)O)c(OC2CCCCO2)c1F. The third-order valence-electron chi connectivity index (χ3n) is 4.08. The molecule has 0 bridgehead atoms. The zero-order valence-electron chi connectivity index (χ0n) is 15.2. The van der Waals surface area contributed by atoms with Crippen LogP contribution in [0.5, 0.6) is 5.75 Å². The molecule has 1 heterocycles. The van der Waals surface area contributed by atoms with E-state index in [4.69, 9.17) is 9.47 Å². The lowest BCUT2D eigenvalue weighted by atomic mass is 9.95. The number of benzene rings is 1. The monoisotopic (exact) mass is 371 g/mol. The van der Waals surface area contributed by atoms with Gasteiger partial charge in [0.25, 0.3) is 0 Å². The Balaban J connectivity index is 2.55. The summed E-state index contributed by atoms with van der Waals surface area (Å²) in [6, 6.07) is 0. The number of carbonyl (C=O) groups excluding carboxylic acids is 1. The van der Waals surface area contributed by atoms with Crippen molar-refractivity contribution in [2.45, 2.75) is 53.2 Å². The molecular weight excluding hydrogens is 348 g/mol. The van der Waals surface area contributed by atoms with Gasteiger partial charge in [-0.2, -0.15) is 0 Å². The quantitative estimate of drug-likeness (QED) is 0.839. The molecule has 1 aromatic rings. The molecule has 1 aliphatic heterocycles. The fourth-order valence-corrected chi connectivity index (χ4v) is 2.46. The number of hydrogen-bond donors (Lipinski definition) is 2. The Morgan fingerprint density at radius 1 is 1.23 bits per heavy atom. The van der Waals surface area contributed by atoms with E-state index in [0.29, 0.717) is 13.0 Å². The molecule has 0 saturated carbocycles. The molecule has 0 aromatic heterocycles. The summed E-state index contributed by atoms with van der Waals surface area (Å²) in [7, 11) is 0. The molecule has 0 spiro atoms. The van der Waals surface area contributed by atoms with Gasteiger partial charge in [-0.3, -0.25) is 4.79 Å². The van der Waals surface area contributed by atoms with Gasteiger partial charge < -0.3 is 19.9 Å². The maximum atomic E-state index is 14.6. The topological polar surface area (TPSA) is 84.9 Å². The number of amides is 1. The van der Waals surface area contributed by atoms with Crippen LogP contribution in [0.2, 0.25) is 0 Å². The summed E-state index contributed by atoms with van der Waals surface area (Å²) in [4.78, 5) is 24.0. The van der Waals surface area contributed by atoms with Crippen molar-refractivity contribution >= 4 is 17.6 Å². The molecule has 2 rings (SSSR count). The number of ether oxygens (including phenoxy) is 2. The molecule has 0 aliphatic carbocycles. The predicted octanol–water partition coefficient (Wildman–Crippen LogP) is 3.86. The zero-order chi connectivity index (χ0) is 19.6. The third kappa shape index (κ3) is 4.12. The van der Waals surface area contributed by atoms with Crippen LogP contribution in [0, 0.1) is 24.0 Å². The van der Waals surface area contributed by atoms with E-state index in [1.165, 1.54) is 0 Å². The average Bonchev–Trinajstić information content (AvgIpc) is 2.56. The summed E-state index contributed by atoms with van der Waals surface area (Å²) >= 11 is 0. The molecule has 1 unspecified atom stereocenters. The van der Waals surface area contributed by atoms with Crippen molar-refractivity contribution < 1.29 is 33.0 Å². The Kier molecular flexibility index (Phi) is 5.85. The normalized spacial score (nSPS) is 17.7. The van der Waals surface area contributed by atoms with Gasteiger partial charge in [0.05, 0.1) is 12.3 Å². The highest BCUT2D eigenvalue weighted by Crippen LogP contribution is 2.37. The predicted molar refractivity (Wildman–Crippen MR) is 90.4 cm³/mol. The van der Waals surface area contributed by atoms with Gasteiger partial charge in [0.1, 0.15) is 5.56 Å². The summed E-state index contributed by atoms with van der Waals surface area (Å²) in [5, 5.41) is 11.8. The summed E-state index contributed by atoms with van der Waals surface area (Å²) in [6.07, 6.45) is 1.23. The van der Waals surface area contributed by atoms with Crippen molar-refractivity contribution in [3.63, 3.8) is 0 Å². The van der Waals surface area contributed by atoms with Gasteiger partial charge in [0.2, 0.25) is 5.91 Å². The van der Waals surface area contributed by atoms with E-state index in [1.54, 1.807) is 20.8 Å². The van der Waals surface area contributed by atoms with Crippen LogP contribution >= 0.6 is 0 Å². The minimum Gasteiger partial charge on any atom is -0.477 e. The smallest absolute Gasteiger partial charge is 0.341 e. The van der Waals surface area contributed by atoms with Crippen molar-refractivity contribution in [1.82, 2.24) is 0 Å². The molecule has 0 radical (unpaired) electrons. The molecule has 8 heteroatoms. The molecular formula is C18H23F2NO5. The van der Waals surface area contributed by atoms with Crippen LogP contribution in [0.15, 0.2) is 0 Å². The maximum Gasteiger partial charge on any atom is 0.341 e. The minimum atomic E-state index is -1.61. The first-order valence-corrected chi connectivity index (χ1v) is 8.38. The molecule has 26 heavy (non-hydrogen) atoms. The summed E-state index contributed by atoms with van der Waals surface area (Å²) in [5.41, 5.74) is -2.72. The Bertz CT molecular complexity index is 722. The van der Waals surface area contributed by atoms with E-state index < -0.39 is 57.8 Å². The van der Waals surface area contributed by atoms with E-state index in [9.17, 15) is 23.5 Å². The number of carboxylic acids is 1. The molecule has 1 saturated heterocycles. The van der Waals surface area contributed by atoms with Crippen LogP contribution in [-0.4, -0.2) is 29.9 Å². The fourth-order valence-electron chi connectivity index (χ4n) is 2.46. The summed E-state index contributed by atoms with van der Waals surface area (Å²) < 4.78 is 40.0. The lowest BCUT2D eigenvalue weighted by Crippen LogP contribution is -2.30. The number of carbonyl (C=O) groups is 2. The van der Waals surface area contributed by atoms with Gasteiger partial charge in [0, 0.05) is 17.4 Å². The maximum absolute atomic E-state index is 14.6. The summed E-state index contributed by atoms with van der Waals surface area (Å²) in [5.74, 6) is -5.12. The lowest BCUT2D eigenvalue weighted by molar-refractivity contribution is -0.123. The third-order valence-corrected chi connectivity index (χ3v) is 4.08. The molecule has 144 valence electrons. The summed E-state index contributed by atoms with van der Waals surface area (Å²) in [6.45, 7) is 6.32. The van der Waals surface area contributed by atoms with E-state index in [-0.39, 0.29) is 0 Å². The van der Waals surface area contributed by atoms with Gasteiger partial charge in [-0.25, -0.2) is 13.6 Å². The van der Waals surface area contributed by atoms with Crippen molar-refractivity contribution in [1.29, 1.82) is 0 Å². The largest absolute Gasteiger partial charge is 0.477 e. The standard InChI is InChI=1S/C18H23F2NO5/c1-9-12(19)14(21-17(24)18(2,3)4)11(16(22)23)15(13(9)20)26-10-7-5-6-8-25-10/h10H,5-8H2,1-4H3,(H,21,24)(H,22,23). The molecule has 1 fully saturated rings. The van der Waals surface area contributed by atoms with Gasteiger partial charge in [-0.05, 0) is 19.8 Å². The first-order chi connectivity index (χ1) is 12.0. The Labute approximate surface area is 150 Å². The molecule has 1 aromatic carbocycles. The highest BCUT2D eigenvalue weighted by Gasteiger charge is 2.33. The second kappa shape index (κ2) is 7.57. The highest BCUT2D eigenvalue weighted by atomic mass is 19.1. The number of carboxylic acid groups (broad SMARTS) is 1. The van der Waals surface area contributed by atoms with Gasteiger partial charge in [-0.15, -0.1) is 0 Å².